The van der Waals surface area contributed by atoms with Crippen LogP contribution in [0, 0.1) is 6.92 Å². The van der Waals surface area contributed by atoms with Gasteiger partial charge in [-0.05, 0) is 48.4 Å². The molecule has 5 nitrogen and oxygen atoms in total. The summed E-state index contributed by atoms with van der Waals surface area (Å²) in [6.07, 6.45) is 0.746. The van der Waals surface area contributed by atoms with E-state index in [1.54, 1.807) is 12.1 Å². The molecule has 1 atom stereocenters. The van der Waals surface area contributed by atoms with Gasteiger partial charge >= 0.3 is 0 Å². The van der Waals surface area contributed by atoms with Gasteiger partial charge in [-0.2, -0.15) is 0 Å². The standard InChI is InChI=1S/C26H21NO4/c1-16-7-10-20(11-8-16)27-23(17-5-3-2-4-6-17)22(25(29)26(27)30)24(28)19-9-12-21-18(15-19)13-14-31-21/h2-12,15,23,28H,13-14H2,1H3/b24-22-. The van der Waals surface area contributed by atoms with Gasteiger partial charge in [0, 0.05) is 17.7 Å². The number of ketones is 1. The van der Waals surface area contributed by atoms with Gasteiger partial charge in [0.05, 0.1) is 18.2 Å². The highest BCUT2D eigenvalue weighted by molar-refractivity contribution is 6.51. The first-order chi connectivity index (χ1) is 15.0. The van der Waals surface area contributed by atoms with E-state index >= 15 is 0 Å². The van der Waals surface area contributed by atoms with Gasteiger partial charge < -0.3 is 9.84 Å². The van der Waals surface area contributed by atoms with E-state index in [2.05, 4.69) is 0 Å². The number of amides is 1. The minimum Gasteiger partial charge on any atom is -0.507 e. The monoisotopic (exact) mass is 411 g/mol. The first-order valence-corrected chi connectivity index (χ1v) is 10.2. The summed E-state index contributed by atoms with van der Waals surface area (Å²) < 4.78 is 5.54. The number of aliphatic hydroxyl groups excluding tert-OH is 1. The van der Waals surface area contributed by atoms with E-state index in [0.717, 1.165) is 28.9 Å². The molecule has 1 N–H and O–H groups in total. The Bertz CT molecular complexity index is 1210. The van der Waals surface area contributed by atoms with Crippen molar-refractivity contribution in [1.29, 1.82) is 0 Å². The Morgan fingerprint density at radius 3 is 2.48 bits per heavy atom. The van der Waals surface area contributed by atoms with Crippen LogP contribution in [-0.4, -0.2) is 23.4 Å². The van der Waals surface area contributed by atoms with Crippen LogP contribution in [-0.2, 0) is 16.0 Å². The van der Waals surface area contributed by atoms with Gasteiger partial charge in [0.15, 0.2) is 0 Å². The average Bonchev–Trinajstić information content (AvgIpc) is 3.37. The SMILES string of the molecule is Cc1ccc(N2C(=O)C(=O)/C(=C(\O)c3ccc4c(c3)CCO4)C2c2ccccc2)cc1. The van der Waals surface area contributed by atoms with Crippen LogP contribution in [0.15, 0.2) is 78.4 Å². The first-order valence-electron chi connectivity index (χ1n) is 10.2. The molecule has 1 amide bonds. The molecule has 0 spiro atoms. The highest BCUT2D eigenvalue weighted by Crippen LogP contribution is 2.42. The van der Waals surface area contributed by atoms with Crippen molar-refractivity contribution in [2.24, 2.45) is 0 Å². The highest BCUT2D eigenvalue weighted by Gasteiger charge is 2.46. The van der Waals surface area contributed by atoms with E-state index in [-0.39, 0.29) is 11.3 Å². The molecular weight excluding hydrogens is 390 g/mol. The topological polar surface area (TPSA) is 66.8 Å². The van der Waals surface area contributed by atoms with Crippen molar-refractivity contribution in [2.45, 2.75) is 19.4 Å². The predicted octanol–water partition coefficient (Wildman–Crippen LogP) is 4.56. The molecule has 0 bridgehead atoms. The third-order valence-corrected chi connectivity index (χ3v) is 5.83. The van der Waals surface area contributed by atoms with E-state index in [9.17, 15) is 14.7 Å². The second-order valence-corrected chi connectivity index (χ2v) is 7.84. The van der Waals surface area contributed by atoms with Crippen molar-refractivity contribution < 1.29 is 19.4 Å². The van der Waals surface area contributed by atoms with Gasteiger partial charge in [0.1, 0.15) is 11.5 Å². The summed E-state index contributed by atoms with van der Waals surface area (Å²) in [5, 5.41) is 11.2. The maximum atomic E-state index is 13.2. The van der Waals surface area contributed by atoms with Gasteiger partial charge in [-0.15, -0.1) is 0 Å². The van der Waals surface area contributed by atoms with Crippen LogP contribution in [0.5, 0.6) is 5.75 Å². The second-order valence-electron chi connectivity index (χ2n) is 7.84. The average molecular weight is 411 g/mol. The molecule has 3 aromatic rings. The summed E-state index contributed by atoms with van der Waals surface area (Å²) in [5.74, 6) is -0.722. The predicted molar refractivity (Wildman–Crippen MR) is 118 cm³/mol. The fourth-order valence-electron chi connectivity index (χ4n) is 4.24. The molecule has 5 heteroatoms. The molecular formula is C26H21NO4. The number of nitrogens with zero attached hydrogens (tertiary/aromatic N) is 1. The summed E-state index contributed by atoms with van der Waals surface area (Å²) in [4.78, 5) is 27.7. The number of carbonyl (C=O) groups is 2. The van der Waals surface area contributed by atoms with E-state index in [0.29, 0.717) is 17.9 Å². The number of rotatable bonds is 3. The van der Waals surface area contributed by atoms with Gasteiger partial charge in [-0.25, -0.2) is 0 Å². The zero-order chi connectivity index (χ0) is 21.5. The van der Waals surface area contributed by atoms with Crippen LogP contribution in [0.2, 0.25) is 0 Å². The zero-order valence-corrected chi connectivity index (χ0v) is 17.0. The normalized spacial score (nSPS) is 19.4. The third kappa shape index (κ3) is 3.19. The van der Waals surface area contributed by atoms with Gasteiger partial charge in [0.25, 0.3) is 11.7 Å². The van der Waals surface area contributed by atoms with E-state index in [1.165, 1.54) is 4.90 Å². The Labute approximate surface area is 180 Å². The summed E-state index contributed by atoms with van der Waals surface area (Å²) in [5.41, 5.74) is 4.00. The van der Waals surface area contributed by atoms with Crippen LogP contribution < -0.4 is 9.64 Å². The third-order valence-electron chi connectivity index (χ3n) is 5.83. The molecule has 31 heavy (non-hydrogen) atoms. The lowest BCUT2D eigenvalue weighted by Gasteiger charge is -2.25. The van der Waals surface area contributed by atoms with Crippen molar-refractivity contribution >= 4 is 23.1 Å². The number of Topliss-reactive ketones (excluding diaryl/α,β-unsaturated/α-hetero) is 1. The molecule has 1 saturated heterocycles. The first kappa shape index (κ1) is 19.1. The van der Waals surface area contributed by atoms with Gasteiger partial charge in [-0.1, -0.05) is 48.0 Å². The molecule has 2 aliphatic heterocycles. The van der Waals surface area contributed by atoms with Crippen molar-refractivity contribution in [1.82, 2.24) is 0 Å². The van der Waals surface area contributed by atoms with E-state index in [4.69, 9.17) is 4.74 Å². The molecule has 2 heterocycles. The molecule has 3 aromatic carbocycles. The summed E-state index contributed by atoms with van der Waals surface area (Å²) in [6, 6.07) is 21.4. The Morgan fingerprint density at radius 1 is 1.00 bits per heavy atom. The molecule has 2 aliphatic rings. The smallest absolute Gasteiger partial charge is 0.300 e. The Kier molecular flexibility index (Phi) is 4.59. The maximum absolute atomic E-state index is 13.2. The number of ether oxygens (including phenoxy) is 1. The molecule has 5 rings (SSSR count). The number of aryl methyl sites for hydroxylation is 1. The summed E-state index contributed by atoms with van der Waals surface area (Å²) in [6.45, 7) is 2.56. The van der Waals surface area contributed by atoms with Crippen LogP contribution in [0.25, 0.3) is 5.76 Å². The summed E-state index contributed by atoms with van der Waals surface area (Å²) in [7, 11) is 0. The van der Waals surface area contributed by atoms with Crippen molar-refractivity contribution in [2.75, 3.05) is 11.5 Å². The fraction of sp³-hybridized carbons (Fsp3) is 0.154. The fourth-order valence-corrected chi connectivity index (χ4v) is 4.24. The van der Waals surface area contributed by atoms with E-state index < -0.39 is 17.7 Å². The van der Waals surface area contributed by atoms with Crippen LogP contribution in [0.3, 0.4) is 0 Å². The zero-order valence-electron chi connectivity index (χ0n) is 17.0. The molecule has 154 valence electrons. The van der Waals surface area contributed by atoms with Crippen LogP contribution >= 0.6 is 0 Å². The lowest BCUT2D eigenvalue weighted by atomic mass is 9.94. The minimum atomic E-state index is -0.714. The largest absolute Gasteiger partial charge is 0.507 e. The quantitative estimate of drug-likeness (QED) is 0.390. The number of anilines is 1. The number of fused-ring (bicyclic) bond motifs is 1. The number of hydrogen-bond acceptors (Lipinski definition) is 4. The molecule has 0 aromatic heterocycles. The van der Waals surface area contributed by atoms with E-state index in [1.807, 2.05) is 67.6 Å². The molecule has 0 radical (unpaired) electrons. The Hall–Kier alpha value is -3.86. The van der Waals surface area contributed by atoms with Gasteiger partial charge in [0.2, 0.25) is 0 Å². The highest BCUT2D eigenvalue weighted by atomic mass is 16.5. The number of aliphatic hydroxyl groups is 1. The maximum Gasteiger partial charge on any atom is 0.300 e. The molecule has 0 aliphatic carbocycles. The second kappa shape index (κ2) is 7.43. The van der Waals surface area contributed by atoms with Crippen molar-refractivity contribution in [3.63, 3.8) is 0 Å². The van der Waals surface area contributed by atoms with Crippen LogP contribution in [0.1, 0.15) is 28.3 Å². The van der Waals surface area contributed by atoms with Gasteiger partial charge in [-0.3, -0.25) is 14.5 Å². The summed E-state index contributed by atoms with van der Waals surface area (Å²) >= 11 is 0. The molecule has 1 unspecified atom stereocenters. The minimum absolute atomic E-state index is 0.0932. The van der Waals surface area contributed by atoms with Crippen molar-refractivity contribution in [3.05, 3.63) is 101 Å². The Balaban J connectivity index is 1.69. The number of carbonyl (C=O) groups excluding carboxylic acids is 2. The Morgan fingerprint density at radius 2 is 1.74 bits per heavy atom. The lowest BCUT2D eigenvalue weighted by molar-refractivity contribution is -0.132. The lowest BCUT2D eigenvalue weighted by Crippen LogP contribution is -2.29. The number of benzene rings is 3. The molecule has 0 saturated carbocycles. The van der Waals surface area contributed by atoms with Crippen LogP contribution in [0.4, 0.5) is 5.69 Å². The molecule has 1 fully saturated rings. The number of hydrogen-bond donors (Lipinski definition) is 1. The van der Waals surface area contributed by atoms with Crippen molar-refractivity contribution in [3.8, 4) is 5.75 Å².